The fourth-order valence-electron chi connectivity index (χ4n) is 1.89. The highest BCUT2D eigenvalue weighted by atomic mass is 79.9. The minimum Gasteiger partial charge on any atom is -0.476 e. The summed E-state index contributed by atoms with van der Waals surface area (Å²) in [6.45, 7) is 5.26. The number of aromatic nitrogens is 2. The van der Waals surface area contributed by atoms with Gasteiger partial charge in [0.05, 0.1) is 10.3 Å². The molecule has 2 aromatic rings. The zero-order valence-corrected chi connectivity index (χ0v) is 15.3. The van der Waals surface area contributed by atoms with Gasteiger partial charge in [0.1, 0.15) is 10.8 Å². The third-order valence-electron chi connectivity index (χ3n) is 2.87. The molecule has 0 spiro atoms. The van der Waals surface area contributed by atoms with Gasteiger partial charge in [-0.25, -0.2) is 14.6 Å². The molecule has 0 fully saturated rings. The highest BCUT2D eigenvalue weighted by Gasteiger charge is 2.25. The number of amides is 1. The number of pyridine rings is 1. The van der Waals surface area contributed by atoms with E-state index >= 15 is 0 Å². The van der Waals surface area contributed by atoms with Gasteiger partial charge in [-0.05, 0) is 48.8 Å². The van der Waals surface area contributed by atoms with Gasteiger partial charge in [0, 0.05) is 7.05 Å². The smallest absolute Gasteiger partial charge is 0.414 e. The molecule has 9 heteroatoms. The maximum Gasteiger partial charge on any atom is 0.414 e. The summed E-state index contributed by atoms with van der Waals surface area (Å²) in [6, 6.07) is 3.26. The Bertz CT molecular complexity index is 797. The molecular weight excluding hydrogens is 390 g/mol. The highest BCUT2D eigenvalue weighted by molar-refractivity contribution is 9.10. The van der Waals surface area contributed by atoms with Gasteiger partial charge in [0.2, 0.25) is 0 Å². The van der Waals surface area contributed by atoms with Crippen LogP contribution in [0.2, 0.25) is 5.15 Å². The molecule has 0 aromatic carbocycles. The number of carboxylic acids is 1. The number of carbonyl (C=O) groups excluding carboxylic acids is 1. The fourth-order valence-corrected chi connectivity index (χ4v) is 2.76. The van der Waals surface area contributed by atoms with Crippen LogP contribution in [0.4, 0.5) is 10.5 Å². The third kappa shape index (κ3) is 3.42. The molecule has 0 unspecified atom stereocenters. The second kappa shape index (κ2) is 6.01. The molecule has 2 heterocycles. The van der Waals surface area contributed by atoms with Crippen LogP contribution in [0.25, 0.3) is 5.65 Å². The quantitative estimate of drug-likeness (QED) is 0.769. The van der Waals surface area contributed by atoms with Crippen molar-refractivity contribution in [1.82, 2.24) is 9.38 Å². The van der Waals surface area contributed by atoms with Gasteiger partial charge < -0.3 is 9.84 Å². The number of carbonyl (C=O) groups is 2. The van der Waals surface area contributed by atoms with Gasteiger partial charge in [0.25, 0.3) is 0 Å². The van der Waals surface area contributed by atoms with Gasteiger partial charge in [-0.1, -0.05) is 11.6 Å². The predicted molar refractivity (Wildman–Crippen MR) is 89.5 cm³/mol. The number of fused-ring (bicyclic) bond motifs is 1. The molecular formula is C14H15BrClN3O4. The van der Waals surface area contributed by atoms with E-state index in [-0.39, 0.29) is 16.5 Å². The van der Waals surface area contributed by atoms with Crippen LogP contribution < -0.4 is 4.90 Å². The largest absolute Gasteiger partial charge is 0.476 e. The van der Waals surface area contributed by atoms with E-state index in [2.05, 4.69) is 20.9 Å². The Hall–Kier alpha value is -1.80. The van der Waals surface area contributed by atoms with Crippen molar-refractivity contribution in [2.24, 2.45) is 0 Å². The molecule has 2 rings (SSSR count). The Morgan fingerprint density at radius 3 is 2.52 bits per heavy atom. The number of carboxylic acid groups (broad SMARTS) is 1. The van der Waals surface area contributed by atoms with E-state index in [1.54, 1.807) is 32.9 Å². The maximum absolute atomic E-state index is 12.2. The van der Waals surface area contributed by atoms with Gasteiger partial charge in [-0.3, -0.25) is 9.30 Å². The van der Waals surface area contributed by atoms with Crippen LogP contribution in [0.15, 0.2) is 16.7 Å². The maximum atomic E-state index is 12.2. The number of ether oxygens (including phenoxy) is 1. The number of anilines is 1. The lowest BCUT2D eigenvalue weighted by molar-refractivity contribution is 0.0588. The molecule has 0 bridgehead atoms. The average molecular weight is 405 g/mol. The lowest BCUT2D eigenvalue weighted by Crippen LogP contribution is -2.34. The van der Waals surface area contributed by atoms with Gasteiger partial charge in [-0.2, -0.15) is 0 Å². The van der Waals surface area contributed by atoms with Crippen molar-refractivity contribution in [3.05, 3.63) is 27.6 Å². The molecule has 0 saturated heterocycles. The standard InChI is InChI=1S/C14H15BrClN3O4/c1-14(2,3)23-13(22)18(4)7-5-6-8(15)19-10(16)9(12(20)21)17-11(7)19/h5-6H,1-4H3,(H,20,21). The molecule has 0 saturated carbocycles. The fraction of sp³-hybridized carbons (Fsp3) is 0.357. The molecule has 7 nitrogen and oxygen atoms in total. The molecule has 0 aliphatic rings. The lowest BCUT2D eigenvalue weighted by Gasteiger charge is -2.25. The molecule has 0 aliphatic heterocycles. The molecule has 0 atom stereocenters. The summed E-state index contributed by atoms with van der Waals surface area (Å²) in [4.78, 5) is 28.7. The van der Waals surface area contributed by atoms with Crippen molar-refractivity contribution in [2.75, 3.05) is 11.9 Å². The van der Waals surface area contributed by atoms with Crippen molar-refractivity contribution < 1.29 is 19.4 Å². The minimum atomic E-state index is -1.25. The molecule has 0 aliphatic carbocycles. The number of halogens is 2. The van der Waals surface area contributed by atoms with E-state index in [9.17, 15) is 9.59 Å². The first-order valence-corrected chi connectivity index (χ1v) is 7.76. The number of hydrogen-bond donors (Lipinski definition) is 1. The van der Waals surface area contributed by atoms with Gasteiger partial charge in [-0.15, -0.1) is 0 Å². The van der Waals surface area contributed by atoms with Crippen molar-refractivity contribution in [3.63, 3.8) is 0 Å². The van der Waals surface area contributed by atoms with E-state index in [0.29, 0.717) is 10.3 Å². The summed E-state index contributed by atoms with van der Waals surface area (Å²) in [7, 11) is 1.51. The molecule has 0 radical (unpaired) electrons. The topological polar surface area (TPSA) is 84.1 Å². The SMILES string of the molecule is CN(C(=O)OC(C)(C)C)c1ccc(Br)n2c(Cl)c(C(=O)O)nc12. The Kier molecular flexibility index (Phi) is 4.59. The second-order valence-electron chi connectivity index (χ2n) is 5.80. The van der Waals surface area contributed by atoms with Crippen molar-refractivity contribution in [2.45, 2.75) is 26.4 Å². The van der Waals surface area contributed by atoms with Crippen LogP contribution >= 0.6 is 27.5 Å². The van der Waals surface area contributed by atoms with Gasteiger partial charge >= 0.3 is 12.1 Å². The monoisotopic (exact) mass is 403 g/mol. The Morgan fingerprint density at radius 2 is 2.00 bits per heavy atom. The molecule has 2 aromatic heterocycles. The van der Waals surface area contributed by atoms with Crippen LogP contribution in [0.1, 0.15) is 31.3 Å². The van der Waals surface area contributed by atoms with Crippen LogP contribution in [-0.2, 0) is 4.74 Å². The van der Waals surface area contributed by atoms with E-state index in [0.717, 1.165) is 0 Å². The Labute approximate surface area is 145 Å². The summed E-state index contributed by atoms with van der Waals surface area (Å²) in [5, 5.41) is 9.11. The van der Waals surface area contributed by atoms with Crippen LogP contribution in [0.5, 0.6) is 0 Å². The molecule has 1 amide bonds. The summed E-state index contributed by atoms with van der Waals surface area (Å²) < 4.78 is 7.22. The zero-order chi connectivity index (χ0) is 17.5. The zero-order valence-electron chi connectivity index (χ0n) is 12.9. The lowest BCUT2D eigenvalue weighted by atomic mass is 10.2. The van der Waals surface area contributed by atoms with Crippen molar-refractivity contribution in [1.29, 1.82) is 0 Å². The van der Waals surface area contributed by atoms with E-state index in [1.165, 1.54) is 16.3 Å². The normalized spacial score (nSPS) is 11.6. The van der Waals surface area contributed by atoms with Gasteiger partial charge in [0.15, 0.2) is 11.3 Å². The number of rotatable bonds is 2. The number of nitrogens with zero attached hydrogens (tertiary/aromatic N) is 3. The first-order chi connectivity index (χ1) is 10.5. The van der Waals surface area contributed by atoms with E-state index in [4.69, 9.17) is 21.4 Å². The summed E-state index contributed by atoms with van der Waals surface area (Å²) in [5.41, 5.74) is -0.347. The van der Waals surface area contributed by atoms with Crippen molar-refractivity contribution in [3.8, 4) is 0 Å². The summed E-state index contributed by atoms with van der Waals surface area (Å²) in [6.07, 6.45) is -0.585. The average Bonchev–Trinajstić information content (AvgIpc) is 2.75. The minimum absolute atomic E-state index is 0.0567. The van der Waals surface area contributed by atoms with Crippen LogP contribution in [0.3, 0.4) is 0 Å². The van der Waals surface area contributed by atoms with Crippen LogP contribution in [0, 0.1) is 0 Å². The third-order valence-corrected chi connectivity index (χ3v) is 3.84. The Morgan fingerprint density at radius 1 is 1.39 bits per heavy atom. The first kappa shape index (κ1) is 17.6. The Balaban J connectivity index is 2.58. The molecule has 124 valence electrons. The number of aromatic carboxylic acids is 1. The van der Waals surface area contributed by atoms with E-state index < -0.39 is 17.7 Å². The predicted octanol–water partition coefficient (Wildman–Crippen LogP) is 3.82. The van der Waals surface area contributed by atoms with E-state index in [1.807, 2.05) is 0 Å². The summed E-state index contributed by atoms with van der Waals surface area (Å²) >= 11 is 9.37. The van der Waals surface area contributed by atoms with Crippen molar-refractivity contribution >= 4 is 50.9 Å². The van der Waals surface area contributed by atoms with Crippen LogP contribution in [-0.4, -0.2) is 39.2 Å². The molecule has 1 N–H and O–H groups in total. The highest BCUT2D eigenvalue weighted by Crippen LogP contribution is 2.30. The number of hydrogen-bond acceptors (Lipinski definition) is 4. The summed E-state index contributed by atoms with van der Waals surface area (Å²) in [5.74, 6) is -1.25. The molecule has 23 heavy (non-hydrogen) atoms. The first-order valence-electron chi connectivity index (χ1n) is 6.59. The number of imidazole rings is 1. The second-order valence-corrected chi connectivity index (χ2v) is 6.97.